The van der Waals surface area contributed by atoms with Gasteiger partial charge in [-0.25, -0.2) is 8.42 Å². The predicted molar refractivity (Wildman–Crippen MR) is 41.5 cm³/mol. The van der Waals surface area contributed by atoms with Crippen LogP contribution in [0, 0.1) is 6.07 Å². The summed E-state index contributed by atoms with van der Waals surface area (Å²) in [6, 6.07) is 7.79. The number of sulfone groups is 1. The van der Waals surface area contributed by atoms with Crippen molar-refractivity contribution in [3.8, 4) is 0 Å². The SMILES string of the molecule is O=S1(=O)C=Cc2[c]cccc21. The van der Waals surface area contributed by atoms with E-state index in [-0.39, 0.29) is 0 Å². The van der Waals surface area contributed by atoms with Crippen molar-refractivity contribution in [2.75, 3.05) is 0 Å². The minimum absolute atomic E-state index is 0.361. The van der Waals surface area contributed by atoms with Crippen molar-refractivity contribution in [3.63, 3.8) is 0 Å². The average molecular weight is 165 g/mol. The summed E-state index contributed by atoms with van der Waals surface area (Å²) in [5.41, 5.74) is 0.660. The molecular formula is C8H5O2S. The monoisotopic (exact) mass is 165 g/mol. The zero-order valence-electron chi connectivity index (χ0n) is 5.61. The topological polar surface area (TPSA) is 34.1 Å². The summed E-state index contributed by atoms with van der Waals surface area (Å²) in [7, 11) is -3.12. The highest BCUT2D eigenvalue weighted by atomic mass is 32.2. The van der Waals surface area contributed by atoms with E-state index in [4.69, 9.17) is 0 Å². The second-order valence-corrected chi connectivity index (χ2v) is 4.10. The van der Waals surface area contributed by atoms with E-state index in [0.29, 0.717) is 10.5 Å². The standard InChI is InChI=1S/C8H5O2S/c9-11(10)6-5-7-3-1-2-4-8(7)11/h1-2,4-6H. The summed E-state index contributed by atoms with van der Waals surface area (Å²) in [5.74, 6) is 0. The summed E-state index contributed by atoms with van der Waals surface area (Å²) in [4.78, 5) is 0.361. The van der Waals surface area contributed by atoms with Crippen LogP contribution >= 0.6 is 0 Å². The van der Waals surface area contributed by atoms with E-state index < -0.39 is 9.84 Å². The van der Waals surface area contributed by atoms with Gasteiger partial charge in [0.25, 0.3) is 0 Å². The third kappa shape index (κ3) is 0.886. The van der Waals surface area contributed by atoms with Gasteiger partial charge in [0.1, 0.15) is 0 Å². The molecule has 55 valence electrons. The number of fused-ring (bicyclic) bond motifs is 1. The summed E-state index contributed by atoms with van der Waals surface area (Å²) in [5, 5.41) is 1.20. The largest absolute Gasteiger partial charge is 0.219 e. The molecule has 1 radical (unpaired) electrons. The lowest BCUT2D eigenvalue weighted by Gasteiger charge is -1.93. The molecule has 0 amide bonds. The van der Waals surface area contributed by atoms with E-state index in [2.05, 4.69) is 6.07 Å². The molecule has 0 N–H and O–H groups in total. The van der Waals surface area contributed by atoms with Crippen LogP contribution in [0.25, 0.3) is 6.08 Å². The van der Waals surface area contributed by atoms with Crippen molar-refractivity contribution in [3.05, 3.63) is 35.2 Å². The molecule has 11 heavy (non-hydrogen) atoms. The van der Waals surface area contributed by atoms with Crippen LogP contribution in [0.4, 0.5) is 0 Å². The summed E-state index contributed by atoms with van der Waals surface area (Å²) in [6.45, 7) is 0. The number of hydrogen-bond donors (Lipinski definition) is 0. The minimum atomic E-state index is -3.12. The molecule has 1 aromatic rings. The van der Waals surface area contributed by atoms with Gasteiger partial charge in [-0.1, -0.05) is 12.1 Å². The van der Waals surface area contributed by atoms with Crippen LogP contribution in [0.2, 0.25) is 0 Å². The van der Waals surface area contributed by atoms with E-state index in [1.165, 1.54) is 5.41 Å². The van der Waals surface area contributed by atoms with Gasteiger partial charge < -0.3 is 0 Å². The molecule has 1 aliphatic heterocycles. The predicted octanol–water partition coefficient (Wildman–Crippen LogP) is 1.24. The Morgan fingerprint density at radius 3 is 2.91 bits per heavy atom. The van der Waals surface area contributed by atoms with Gasteiger partial charge in [0.05, 0.1) is 4.90 Å². The van der Waals surface area contributed by atoms with Gasteiger partial charge >= 0.3 is 0 Å². The molecule has 0 saturated heterocycles. The highest BCUT2D eigenvalue weighted by Gasteiger charge is 2.18. The van der Waals surface area contributed by atoms with Crippen molar-refractivity contribution < 1.29 is 8.42 Å². The molecule has 0 saturated carbocycles. The second-order valence-electron chi connectivity index (χ2n) is 2.30. The van der Waals surface area contributed by atoms with E-state index >= 15 is 0 Å². The smallest absolute Gasteiger partial charge is 0.200 e. The van der Waals surface area contributed by atoms with E-state index in [1.807, 2.05) is 0 Å². The van der Waals surface area contributed by atoms with E-state index in [1.54, 1.807) is 24.3 Å². The maximum Gasteiger partial charge on any atom is 0.200 e. The number of hydrogen-bond acceptors (Lipinski definition) is 2. The Morgan fingerprint density at radius 1 is 1.36 bits per heavy atom. The molecule has 0 unspecified atom stereocenters. The Kier molecular flexibility index (Phi) is 1.17. The molecule has 0 aliphatic carbocycles. The minimum Gasteiger partial charge on any atom is -0.219 e. The molecule has 1 aromatic carbocycles. The van der Waals surface area contributed by atoms with Crippen LogP contribution in [0.5, 0.6) is 0 Å². The van der Waals surface area contributed by atoms with Crippen LogP contribution in [0.3, 0.4) is 0 Å². The maximum atomic E-state index is 11.1. The fraction of sp³-hybridized carbons (Fsp3) is 0. The molecule has 1 heterocycles. The summed E-state index contributed by atoms with van der Waals surface area (Å²) < 4.78 is 22.3. The van der Waals surface area contributed by atoms with Crippen LogP contribution in [-0.2, 0) is 9.84 Å². The Morgan fingerprint density at radius 2 is 2.18 bits per heavy atom. The van der Waals surface area contributed by atoms with Gasteiger partial charge in [-0.05, 0) is 18.2 Å². The van der Waals surface area contributed by atoms with Crippen molar-refractivity contribution in [1.82, 2.24) is 0 Å². The van der Waals surface area contributed by atoms with Crippen LogP contribution in [-0.4, -0.2) is 8.42 Å². The van der Waals surface area contributed by atoms with Gasteiger partial charge in [0, 0.05) is 11.0 Å². The molecular weight excluding hydrogens is 160 g/mol. The van der Waals surface area contributed by atoms with Crippen molar-refractivity contribution in [2.45, 2.75) is 4.90 Å². The van der Waals surface area contributed by atoms with Crippen LogP contribution in [0.15, 0.2) is 28.5 Å². The molecule has 0 aromatic heterocycles. The number of benzene rings is 1. The fourth-order valence-corrected chi connectivity index (χ4v) is 2.21. The molecule has 1 aliphatic rings. The van der Waals surface area contributed by atoms with Gasteiger partial charge in [-0.3, -0.25) is 0 Å². The summed E-state index contributed by atoms with van der Waals surface area (Å²) in [6.07, 6.45) is 1.56. The summed E-state index contributed by atoms with van der Waals surface area (Å²) >= 11 is 0. The first kappa shape index (κ1) is 6.61. The van der Waals surface area contributed by atoms with E-state index in [9.17, 15) is 8.42 Å². The molecule has 0 fully saturated rings. The Balaban J connectivity index is 2.84. The maximum absolute atomic E-state index is 11.1. The Labute approximate surface area is 65.1 Å². The van der Waals surface area contributed by atoms with Gasteiger partial charge in [-0.2, -0.15) is 0 Å². The molecule has 0 atom stereocenters. The highest BCUT2D eigenvalue weighted by molar-refractivity contribution is 7.94. The molecule has 2 rings (SSSR count). The first-order chi connectivity index (χ1) is 5.20. The Bertz CT molecular complexity index is 415. The lowest BCUT2D eigenvalue weighted by molar-refractivity contribution is 0.605. The lowest BCUT2D eigenvalue weighted by Crippen LogP contribution is -1.91. The molecule has 0 spiro atoms. The Hall–Kier alpha value is -1.09. The zero-order chi connectivity index (χ0) is 7.90. The fourth-order valence-electron chi connectivity index (χ4n) is 1.04. The zero-order valence-corrected chi connectivity index (χ0v) is 6.43. The van der Waals surface area contributed by atoms with Gasteiger partial charge in [0.15, 0.2) is 9.84 Å². The second kappa shape index (κ2) is 1.95. The molecule has 0 bridgehead atoms. The van der Waals surface area contributed by atoms with Crippen molar-refractivity contribution in [1.29, 1.82) is 0 Å². The third-order valence-corrected chi connectivity index (χ3v) is 3.03. The van der Waals surface area contributed by atoms with E-state index in [0.717, 1.165) is 0 Å². The van der Waals surface area contributed by atoms with Crippen LogP contribution in [0.1, 0.15) is 5.56 Å². The molecule has 3 heteroatoms. The number of rotatable bonds is 0. The first-order valence-electron chi connectivity index (χ1n) is 3.14. The lowest BCUT2D eigenvalue weighted by atomic mass is 10.2. The quantitative estimate of drug-likeness (QED) is 0.579. The van der Waals surface area contributed by atoms with Crippen molar-refractivity contribution in [2.24, 2.45) is 0 Å². The normalized spacial score (nSPS) is 18.2. The van der Waals surface area contributed by atoms with Gasteiger partial charge in [0.2, 0.25) is 0 Å². The molecule has 2 nitrogen and oxygen atoms in total. The first-order valence-corrected chi connectivity index (χ1v) is 4.69. The van der Waals surface area contributed by atoms with Crippen molar-refractivity contribution >= 4 is 15.9 Å². The van der Waals surface area contributed by atoms with Gasteiger partial charge in [-0.15, -0.1) is 0 Å². The third-order valence-electron chi connectivity index (χ3n) is 1.57. The average Bonchev–Trinajstić information content (AvgIpc) is 2.29. The highest BCUT2D eigenvalue weighted by Crippen LogP contribution is 2.24. The van der Waals surface area contributed by atoms with Crippen LogP contribution < -0.4 is 0 Å².